The fraction of sp³-hybridized carbons (Fsp3) is 0.143. The van der Waals surface area contributed by atoms with Gasteiger partial charge < -0.3 is 10.4 Å². The van der Waals surface area contributed by atoms with Crippen molar-refractivity contribution in [1.29, 1.82) is 0 Å². The molecule has 0 saturated carbocycles. The maximum atomic E-state index is 13.6. The van der Waals surface area contributed by atoms with Gasteiger partial charge in [0.15, 0.2) is 0 Å². The van der Waals surface area contributed by atoms with Crippen LogP contribution >= 0.6 is 15.9 Å². The van der Waals surface area contributed by atoms with Crippen LogP contribution in [0.3, 0.4) is 0 Å². The minimum atomic E-state index is -0.830. The molecule has 2 nitrogen and oxygen atoms in total. The van der Waals surface area contributed by atoms with E-state index in [1.165, 1.54) is 12.1 Å². The first-order chi connectivity index (χ1) is 9.08. The van der Waals surface area contributed by atoms with Gasteiger partial charge >= 0.3 is 0 Å². The Bertz CT molecular complexity index is 540. The monoisotopic (exact) mass is 327 g/mol. The number of anilines is 1. The van der Waals surface area contributed by atoms with E-state index in [4.69, 9.17) is 0 Å². The minimum Gasteiger partial charge on any atom is -0.387 e. The van der Waals surface area contributed by atoms with Crippen molar-refractivity contribution in [1.82, 2.24) is 0 Å². The highest BCUT2D eigenvalue weighted by Crippen LogP contribution is 2.24. The van der Waals surface area contributed by atoms with Crippen LogP contribution in [0.15, 0.2) is 46.9 Å². The van der Waals surface area contributed by atoms with E-state index in [9.17, 15) is 13.9 Å². The Morgan fingerprint density at radius 2 is 1.68 bits per heavy atom. The van der Waals surface area contributed by atoms with Crippen molar-refractivity contribution in [2.75, 3.05) is 11.9 Å². The van der Waals surface area contributed by atoms with Gasteiger partial charge in [-0.25, -0.2) is 8.78 Å². The first-order valence-electron chi connectivity index (χ1n) is 5.69. The molecule has 1 atom stereocenters. The molecule has 0 aliphatic heterocycles. The molecule has 2 aromatic rings. The zero-order valence-electron chi connectivity index (χ0n) is 9.91. The number of aliphatic hydroxyl groups is 1. The van der Waals surface area contributed by atoms with Gasteiger partial charge in [0.05, 0.1) is 6.10 Å². The lowest BCUT2D eigenvalue weighted by Gasteiger charge is -2.14. The molecule has 0 aliphatic carbocycles. The summed E-state index contributed by atoms with van der Waals surface area (Å²) in [5.41, 5.74) is 0.450. The van der Waals surface area contributed by atoms with Crippen molar-refractivity contribution in [2.24, 2.45) is 0 Å². The standard InChI is InChI=1S/C14H12BrF2NO/c15-10-6-11(16)14(12(17)7-10)18-8-13(19)9-4-2-1-3-5-9/h1-7,13,18-19H,8H2. The van der Waals surface area contributed by atoms with Gasteiger partial charge in [0, 0.05) is 11.0 Å². The number of rotatable bonds is 4. The van der Waals surface area contributed by atoms with E-state index in [2.05, 4.69) is 21.2 Å². The predicted molar refractivity (Wildman–Crippen MR) is 73.9 cm³/mol. The molecule has 0 aromatic heterocycles. The molecule has 0 fully saturated rings. The normalized spacial score (nSPS) is 12.2. The summed E-state index contributed by atoms with van der Waals surface area (Å²) in [5.74, 6) is -1.40. The summed E-state index contributed by atoms with van der Waals surface area (Å²) in [6, 6.07) is 11.2. The van der Waals surface area contributed by atoms with Crippen molar-refractivity contribution in [2.45, 2.75) is 6.10 Å². The summed E-state index contributed by atoms with van der Waals surface area (Å²) in [4.78, 5) is 0. The molecule has 0 aliphatic rings. The highest BCUT2D eigenvalue weighted by molar-refractivity contribution is 9.10. The van der Waals surface area contributed by atoms with Crippen molar-refractivity contribution < 1.29 is 13.9 Å². The zero-order valence-corrected chi connectivity index (χ0v) is 11.5. The van der Waals surface area contributed by atoms with Crippen LogP contribution in [-0.4, -0.2) is 11.7 Å². The van der Waals surface area contributed by atoms with Gasteiger partial charge in [0.25, 0.3) is 0 Å². The van der Waals surface area contributed by atoms with E-state index in [0.717, 1.165) is 0 Å². The van der Waals surface area contributed by atoms with E-state index < -0.39 is 17.7 Å². The van der Waals surface area contributed by atoms with E-state index in [0.29, 0.717) is 10.0 Å². The van der Waals surface area contributed by atoms with Gasteiger partial charge in [-0.15, -0.1) is 0 Å². The highest BCUT2D eigenvalue weighted by atomic mass is 79.9. The fourth-order valence-electron chi connectivity index (χ4n) is 1.70. The van der Waals surface area contributed by atoms with Gasteiger partial charge in [-0.05, 0) is 17.7 Å². The molecule has 0 radical (unpaired) electrons. The van der Waals surface area contributed by atoms with Gasteiger partial charge in [-0.2, -0.15) is 0 Å². The van der Waals surface area contributed by atoms with Crippen molar-refractivity contribution in [3.63, 3.8) is 0 Å². The summed E-state index contributed by atoms with van der Waals surface area (Å²) in [7, 11) is 0. The van der Waals surface area contributed by atoms with E-state index in [-0.39, 0.29) is 12.2 Å². The number of benzene rings is 2. The highest BCUT2D eigenvalue weighted by Gasteiger charge is 2.13. The van der Waals surface area contributed by atoms with Crippen LogP contribution in [0, 0.1) is 11.6 Å². The Kier molecular flexibility index (Phi) is 4.50. The Morgan fingerprint density at radius 3 is 2.26 bits per heavy atom. The van der Waals surface area contributed by atoms with Crippen LogP contribution in [-0.2, 0) is 0 Å². The molecule has 0 heterocycles. The molecule has 2 rings (SSSR count). The molecule has 0 bridgehead atoms. The Hall–Kier alpha value is -1.46. The zero-order chi connectivity index (χ0) is 13.8. The molecule has 0 amide bonds. The number of hydrogen-bond donors (Lipinski definition) is 2. The van der Waals surface area contributed by atoms with Crippen LogP contribution in [0.25, 0.3) is 0 Å². The van der Waals surface area contributed by atoms with Crippen LogP contribution in [0.5, 0.6) is 0 Å². The van der Waals surface area contributed by atoms with E-state index in [1.54, 1.807) is 24.3 Å². The summed E-state index contributed by atoms with van der Waals surface area (Å²) in [6.07, 6.45) is -0.830. The van der Waals surface area contributed by atoms with Gasteiger partial charge in [-0.1, -0.05) is 46.3 Å². The van der Waals surface area contributed by atoms with Gasteiger partial charge in [0.2, 0.25) is 0 Å². The third kappa shape index (κ3) is 3.52. The first-order valence-corrected chi connectivity index (χ1v) is 6.48. The lowest BCUT2D eigenvalue weighted by atomic mass is 10.1. The molecular weight excluding hydrogens is 316 g/mol. The Morgan fingerprint density at radius 1 is 1.11 bits per heavy atom. The average Bonchev–Trinajstić information content (AvgIpc) is 2.38. The molecule has 100 valence electrons. The molecule has 19 heavy (non-hydrogen) atoms. The number of aliphatic hydroxyl groups excluding tert-OH is 1. The Labute approximate surface area is 118 Å². The maximum absolute atomic E-state index is 13.6. The second kappa shape index (κ2) is 6.12. The van der Waals surface area contributed by atoms with Crippen molar-refractivity contribution in [3.8, 4) is 0 Å². The SMILES string of the molecule is OC(CNc1c(F)cc(Br)cc1F)c1ccccc1. The second-order valence-electron chi connectivity index (χ2n) is 4.05. The summed E-state index contributed by atoms with van der Waals surface area (Å²) < 4.78 is 27.4. The maximum Gasteiger partial charge on any atom is 0.150 e. The molecule has 2 N–H and O–H groups in total. The van der Waals surface area contributed by atoms with E-state index in [1.807, 2.05) is 6.07 Å². The molecule has 2 aromatic carbocycles. The van der Waals surface area contributed by atoms with Gasteiger partial charge in [0.1, 0.15) is 17.3 Å². The lowest BCUT2D eigenvalue weighted by Crippen LogP contribution is -2.14. The van der Waals surface area contributed by atoms with Gasteiger partial charge in [-0.3, -0.25) is 0 Å². The third-order valence-corrected chi connectivity index (χ3v) is 3.12. The second-order valence-corrected chi connectivity index (χ2v) is 4.97. The average molecular weight is 328 g/mol. The third-order valence-electron chi connectivity index (χ3n) is 2.66. The molecule has 0 saturated heterocycles. The first kappa shape index (κ1) is 14.0. The van der Waals surface area contributed by atoms with Crippen LogP contribution in [0.2, 0.25) is 0 Å². The fourth-order valence-corrected chi connectivity index (χ4v) is 2.10. The van der Waals surface area contributed by atoms with E-state index >= 15 is 0 Å². The van der Waals surface area contributed by atoms with Crippen molar-refractivity contribution >= 4 is 21.6 Å². The molecule has 5 heteroatoms. The molecular formula is C14H12BrF2NO. The summed E-state index contributed by atoms with van der Waals surface area (Å²) >= 11 is 3.01. The summed E-state index contributed by atoms with van der Waals surface area (Å²) in [5, 5.41) is 12.5. The smallest absolute Gasteiger partial charge is 0.150 e. The summed E-state index contributed by atoms with van der Waals surface area (Å²) in [6.45, 7) is 0.0273. The van der Waals surface area contributed by atoms with Crippen molar-refractivity contribution in [3.05, 3.63) is 64.1 Å². The van der Waals surface area contributed by atoms with Crippen LogP contribution < -0.4 is 5.32 Å². The number of hydrogen-bond acceptors (Lipinski definition) is 2. The number of nitrogens with one attached hydrogen (secondary N) is 1. The van der Waals surface area contributed by atoms with Crippen LogP contribution in [0.1, 0.15) is 11.7 Å². The topological polar surface area (TPSA) is 32.3 Å². The minimum absolute atomic E-state index is 0.0273. The molecule has 0 spiro atoms. The Balaban J connectivity index is 2.07. The molecule has 1 unspecified atom stereocenters. The quantitative estimate of drug-likeness (QED) is 0.893. The largest absolute Gasteiger partial charge is 0.387 e. The number of halogens is 3. The lowest BCUT2D eigenvalue weighted by molar-refractivity contribution is 0.191. The predicted octanol–water partition coefficient (Wildman–Crippen LogP) is 3.87. The van der Waals surface area contributed by atoms with Crippen LogP contribution in [0.4, 0.5) is 14.5 Å².